The van der Waals surface area contributed by atoms with Crippen molar-refractivity contribution in [3.05, 3.63) is 12.7 Å². The Hall–Kier alpha value is -0.830. The predicted octanol–water partition coefficient (Wildman–Crippen LogP) is 9.00. The van der Waals surface area contributed by atoms with Crippen LogP contribution in [0.15, 0.2) is 12.7 Å². The number of rotatable bonds is 25. The molecular weight excluding hydrogens is 406 g/mol. The molecule has 3 nitrogen and oxygen atoms in total. The Morgan fingerprint density at radius 2 is 1.09 bits per heavy atom. The van der Waals surface area contributed by atoms with Crippen LogP contribution >= 0.6 is 0 Å². The Labute approximate surface area is 208 Å². The highest BCUT2D eigenvalue weighted by Crippen LogP contribution is 2.17. The minimum absolute atomic E-state index is 0.318. The van der Waals surface area contributed by atoms with Crippen LogP contribution in [0.2, 0.25) is 0 Å². The molecule has 0 spiro atoms. The van der Waals surface area contributed by atoms with Crippen molar-refractivity contribution in [2.75, 3.05) is 27.2 Å². The van der Waals surface area contributed by atoms with E-state index in [9.17, 15) is 4.79 Å². The average Bonchev–Trinajstić information content (AvgIpc) is 2.80. The standard InChI is InChI=1S/C30H60NO2/c1-6-8-9-10-11-12-13-14-15-16-17-18-19-20-21-22-23-24-25-26-29(3)31(4,5)27-28-33-30(32)7-2/h7,29H,2,6,8-28H2,1,3-5H3/q+1. The molecule has 1 unspecified atom stereocenters. The molecule has 1 atom stereocenters. The fourth-order valence-electron chi connectivity index (χ4n) is 4.53. The van der Waals surface area contributed by atoms with E-state index in [1.807, 2.05) is 0 Å². The quantitative estimate of drug-likeness (QED) is 0.0580. The zero-order chi connectivity index (χ0) is 24.6. The number of hydrogen-bond acceptors (Lipinski definition) is 2. The highest BCUT2D eigenvalue weighted by Gasteiger charge is 2.23. The minimum atomic E-state index is -0.318. The van der Waals surface area contributed by atoms with Crippen LogP contribution in [0.5, 0.6) is 0 Å². The molecule has 0 aromatic rings. The molecule has 0 heterocycles. The van der Waals surface area contributed by atoms with E-state index in [2.05, 4.69) is 34.5 Å². The number of hydrogen-bond donors (Lipinski definition) is 0. The molecule has 0 N–H and O–H groups in total. The van der Waals surface area contributed by atoms with Gasteiger partial charge in [-0.2, -0.15) is 0 Å². The first-order chi connectivity index (χ1) is 15.9. The van der Waals surface area contributed by atoms with Gasteiger partial charge in [0, 0.05) is 6.08 Å². The maximum atomic E-state index is 11.2. The molecule has 0 fully saturated rings. The lowest BCUT2D eigenvalue weighted by atomic mass is 10.0. The number of carbonyl (C=O) groups is 1. The fraction of sp³-hybridized carbons (Fsp3) is 0.900. The van der Waals surface area contributed by atoms with E-state index in [0.717, 1.165) is 11.0 Å². The summed E-state index contributed by atoms with van der Waals surface area (Å²) in [5.74, 6) is -0.318. The average molecular weight is 467 g/mol. The Morgan fingerprint density at radius 3 is 1.45 bits per heavy atom. The zero-order valence-electron chi connectivity index (χ0n) is 23.2. The van der Waals surface area contributed by atoms with Gasteiger partial charge in [0.05, 0.1) is 20.1 Å². The number of nitrogens with zero attached hydrogens (tertiary/aromatic N) is 1. The van der Waals surface area contributed by atoms with Gasteiger partial charge in [0.2, 0.25) is 0 Å². The van der Waals surface area contributed by atoms with Crippen molar-refractivity contribution < 1.29 is 14.0 Å². The molecule has 196 valence electrons. The topological polar surface area (TPSA) is 26.3 Å². The van der Waals surface area contributed by atoms with Gasteiger partial charge in [-0.1, -0.05) is 129 Å². The molecule has 0 radical (unpaired) electrons. The van der Waals surface area contributed by atoms with E-state index >= 15 is 0 Å². The molecule has 0 aliphatic carbocycles. The number of quaternary nitrogens is 1. The smallest absolute Gasteiger partial charge is 0.330 e. The van der Waals surface area contributed by atoms with Gasteiger partial charge < -0.3 is 9.22 Å². The van der Waals surface area contributed by atoms with E-state index in [4.69, 9.17) is 4.74 Å². The second kappa shape index (κ2) is 22.9. The maximum absolute atomic E-state index is 11.2. The van der Waals surface area contributed by atoms with E-state index in [-0.39, 0.29) is 5.97 Å². The molecule has 0 aliphatic rings. The number of esters is 1. The SMILES string of the molecule is C=CC(=O)OCC[N+](C)(C)C(C)CCCCCCCCCCCCCCCCCCCCC. The van der Waals surface area contributed by atoms with Crippen LogP contribution in [0.3, 0.4) is 0 Å². The Morgan fingerprint density at radius 1 is 0.727 bits per heavy atom. The van der Waals surface area contributed by atoms with Crippen LogP contribution in [0, 0.1) is 0 Å². The molecule has 33 heavy (non-hydrogen) atoms. The van der Waals surface area contributed by atoms with Gasteiger partial charge in [-0.3, -0.25) is 0 Å². The van der Waals surface area contributed by atoms with Crippen LogP contribution in [-0.4, -0.2) is 43.7 Å². The Balaban J connectivity index is 3.36. The zero-order valence-corrected chi connectivity index (χ0v) is 23.2. The summed E-state index contributed by atoms with van der Waals surface area (Å²) in [4.78, 5) is 11.2. The first-order valence-electron chi connectivity index (χ1n) is 14.6. The lowest BCUT2D eigenvalue weighted by Crippen LogP contribution is -2.49. The number of ether oxygens (including phenoxy) is 1. The van der Waals surface area contributed by atoms with Crippen molar-refractivity contribution in [1.82, 2.24) is 0 Å². The molecule has 0 aromatic carbocycles. The molecule has 0 aliphatic heterocycles. The summed E-state index contributed by atoms with van der Waals surface area (Å²) in [6, 6.07) is 0.596. The van der Waals surface area contributed by atoms with Gasteiger partial charge in [0.15, 0.2) is 0 Å². The summed E-state index contributed by atoms with van der Waals surface area (Å²) in [5.41, 5.74) is 0. The van der Waals surface area contributed by atoms with E-state index in [1.54, 1.807) is 0 Å². The normalized spacial score (nSPS) is 12.6. The second-order valence-electron chi connectivity index (χ2n) is 10.9. The summed E-state index contributed by atoms with van der Waals surface area (Å²) < 4.78 is 6.06. The van der Waals surface area contributed by atoms with Gasteiger partial charge in [-0.25, -0.2) is 4.79 Å². The van der Waals surface area contributed by atoms with E-state index in [0.29, 0.717) is 12.6 Å². The molecule has 3 heteroatoms. The summed E-state index contributed by atoms with van der Waals surface area (Å²) in [6.07, 6.45) is 29.6. The number of unbranched alkanes of at least 4 members (excludes halogenated alkanes) is 18. The second-order valence-corrected chi connectivity index (χ2v) is 10.9. The third-order valence-corrected chi connectivity index (χ3v) is 7.50. The third-order valence-electron chi connectivity index (χ3n) is 7.50. The highest BCUT2D eigenvalue weighted by molar-refractivity contribution is 5.81. The summed E-state index contributed by atoms with van der Waals surface area (Å²) in [6.45, 7) is 9.40. The molecule has 0 saturated carbocycles. The highest BCUT2D eigenvalue weighted by atomic mass is 16.5. The largest absolute Gasteiger partial charge is 0.457 e. The molecule has 0 aromatic heterocycles. The van der Waals surface area contributed by atoms with Gasteiger partial charge in [-0.05, 0) is 19.8 Å². The monoisotopic (exact) mass is 466 g/mol. The van der Waals surface area contributed by atoms with Gasteiger partial charge in [-0.15, -0.1) is 0 Å². The van der Waals surface area contributed by atoms with Crippen molar-refractivity contribution in [1.29, 1.82) is 0 Å². The fourth-order valence-corrected chi connectivity index (χ4v) is 4.53. The van der Waals surface area contributed by atoms with E-state index in [1.165, 1.54) is 134 Å². The number of likely N-dealkylation sites (N-methyl/N-ethyl adjacent to an activating group) is 1. The van der Waals surface area contributed by atoms with Crippen LogP contribution < -0.4 is 0 Å². The van der Waals surface area contributed by atoms with Gasteiger partial charge in [0.1, 0.15) is 13.2 Å². The van der Waals surface area contributed by atoms with Gasteiger partial charge in [0.25, 0.3) is 0 Å². The minimum Gasteiger partial charge on any atom is -0.457 e. The molecule has 0 bridgehead atoms. The van der Waals surface area contributed by atoms with E-state index < -0.39 is 0 Å². The molecular formula is C30H60NO2+. The maximum Gasteiger partial charge on any atom is 0.330 e. The molecule has 0 amide bonds. The van der Waals surface area contributed by atoms with Crippen molar-refractivity contribution in [2.24, 2.45) is 0 Å². The van der Waals surface area contributed by atoms with Crippen LogP contribution in [-0.2, 0) is 9.53 Å². The molecule has 0 saturated heterocycles. The van der Waals surface area contributed by atoms with Crippen LogP contribution in [0.4, 0.5) is 0 Å². The van der Waals surface area contributed by atoms with Crippen molar-refractivity contribution in [2.45, 2.75) is 148 Å². The third kappa shape index (κ3) is 21.4. The van der Waals surface area contributed by atoms with Gasteiger partial charge >= 0.3 is 5.97 Å². The Kier molecular flexibility index (Phi) is 22.4. The first kappa shape index (κ1) is 32.2. The summed E-state index contributed by atoms with van der Waals surface area (Å²) in [5, 5.41) is 0. The van der Waals surface area contributed by atoms with Crippen molar-refractivity contribution >= 4 is 5.97 Å². The van der Waals surface area contributed by atoms with Crippen LogP contribution in [0.25, 0.3) is 0 Å². The van der Waals surface area contributed by atoms with Crippen LogP contribution in [0.1, 0.15) is 142 Å². The summed E-state index contributed by atoms with van der Waals surface area (Å²) >= 11 is 0. The molecule has 0 rings (SSSR count). The van der Waals surface area contributed by atoms with Crippen molar-refractivity contribution in [3.8, 4) is 0 Å². The number of carbonyl (C=O) groups excluding carboxylic acids is 1. The predicted molar refractivity (Wildman–Crippen MR) is 146 cm³/mol. The summed E-state index contributed by atoms with van der Waals surface area (Å²) in [7, 11) is 4.48. The lowest BCUT2D eigenvalue weighted by molar-refractivity contribution is -0.913. The Bertz CT molecular complexity index is 447. The first-order valence-corrected chi connectivity index (χ1v) is 14.6. The lowest BCUT2D eigenvalue weighted by Gasteiger charge is -2.36. The van der Waals surface area contributed by atoms with Crippen molar-refractivity contribution in [3.63, 3.8) is 0 Å².